The largest absolute Gasteiger partial charge is 0.375 e. The van der Waals surface area contributed by atoms with Crippen molar-refractivity contribution in [3.05, 3.63) is 57.2 Å². The van der Waals surface area contributed by atoms with Gasteiger partial charge in [-0.1, -0.05) is 62.7 Å². The molecule has 0 saturated carbocycles. The number of aromatic nitrogens is 1. The average molecular weight is 391 g/mol. The summed E-state index contributed by atoms with van der Waals surface area (Å²) in [5, 5.41) is 18.3. The van der Waals surface area contributed by atoms with Gasteiger partial charge >= 0.3 is 5.69 Å². The molecule has 0 fully saturated rings. The molecule has 2 aromatic rings. The zero-order valence-corrected chi connectivity index (χ0v) is 17.2. The lowest BCUT2D eigenvalue weighted by atomic mass is 9.82. The third-order valence-electron chi connectivity index (χ3n) is 3.90. The summed E-state index contributed by atoms with van der Waals surface area (Å²) in [6, 6.07) is 11.2. The molecule has 0 radical (unpaired) electrons. The topological polar surface area (TPSA) is 80.1 Å². The van der Waals surface area contributed by atoms with E-state index in [0.717, 1.165) is 12.0 Å². The van der Waals surface area contributed by atoms with E-state index in [1.54, 1.807) is 0 Å². The van der Waals surface area contributed by atoms with Crippen molar-refractivity contribution in [2.24, 2.45) is 5.41 Å². The molecule has 1 aromatic heterocycles. The van der Waals surface area contributed by atoms with Gasteiger partial charge in [-0.05, 0) is 31.2 Å². The summed E-state index contributed by atoms with van der Waals surface area (Å²) in [6.45, 7) is 10.8. The van der Waals surface area contributed by atoms with Crippen LogP contribution in [0.1, 0.15) is 46.6 Å². The van der Waals surface area contributed by atoms with Gasteiger partial charge in [0.2, 0.25) is 5.82 Å². The van der Waals surface area contributed by atoms with Crippen LogP contribution in [-0.4, -0.2) is 15.4 Å². The van der Waals surface area contributed by atoms with E-state index in [-0.39, 0.29) is 22.1 Å². The zero-order chi connectivity index (χ0) is 20.2. The fourth-order valence-corrected chi connectivity index (χ4v) is 3.59. The maximum absolute atomic E-state index is 11.8. The van der Waals surface area contributed by atoms with Crippen LogP contribution in [0.3, 0.4) is 0 Å². The number of nitro groups is 1. The Morgan fingerprint density at radius 2 is 1.78 bits per heavy atom. The summed E-state index contributed by atoms with van der Waals surface area (Å²) in [5.41, 5.74) is 0.924. The standard InChI is InChI=1S/C20H27ClN4O2/c1-19(2,3)13-20(4,5)24-18-17(25(26)27)15(11-16(21)23-18)22-12-14-9-7-6-8-10-14/h6-11H,12-13H2,1-5H3,(H2,22,23,24). The van der Waals surface area contributed by atoms with E-state index >= 15 is 0 Å². The number of halogens is 1. The van der Waals surface area contributed by atoms with Crippen molar-refractivity contribution in [1.82, 2.24) is 4.98 Å². The highest BCUT2D eigenvalue weighted by atomic mass is 35.5. The van der Waals surface area contributed by atoms with Crippen molar-refractivity contribution in [1.29, 1.82) is 0 Å². The third-order valence-corrected chi connectivity index (χ3v) is 4.09. The molecule has 0 bridgehead atoms. The van der Waals surface area contributed by atoms with Gasteiger partial charge in [-0.15, -0.1) is 0 Å². The summed E-state index contributed by atoms with van der Waals surface area (Å²) in [6.07, 6.45) is 0.804. The molecule has 2 rings (SSSR count). The number of nitrogens with zero attached hydrogens (tertiary/aromatic N) is 2. The number of benzene rings is 1. The van der Waals surface area contributed by atoms with Crippen molar-refractivity contribution in [2.45, 2.75) is 53.1 Å². The molecular formula is C20H27ClN4O2. The quantitative estimate of drug-likeness (QED) is 0.350. The Hall–Kier alpha value is -2.34. The van der Waals surface area contributed by atoms with Crippen LogP contribution in [0, 0.1) is 15.5 Å². The molecule has 6 nitrogen and oxygen atoms in total. The minimum absolute atomic E-state index is 0.0538. The first-order valence-corrected chi connectivity index (χ1v) is 9.26. The van der Waals surface area contributed by atoms with Crippen LogP contribution in [0.4, 0.5) is 17.2 Å². The van der Waals surface area contributed by atoms with E-state index in [9.17, 15) is 10.1 Å². The molecule has 0 aliphatic rings. The Kier molecular flexibility index (Phi) is 6.31. The van der Waals surface area contributed by atoms with Gasteiger partial charge in [-0.25, -0.2) is 4.98 Å². The fourth-order valence-electron chi connectivity index (χ4n) is 3.40. The molecule has 0 aliphatic heterocycles. The number of nitrogens with one attached hydrogen (secondary N) is 2. The van der Waals surface area contributed by atoms with Gasteiger partial charge in [0.25, 0.3) is 0 Å². The second-order valence-electron chi connectivity index (χ2n) is 8.53. The molecule has 0 atom stereocenters. The summed E-state index contributed by atoms with van der Waals surface area (Å²) < 4.78 is 0. The fraction of sp³-hybridized carbons (Fsp3) is 0.450. The highest BCUT2D eigenvalue weighted by Crippen LogP contribution is 2.37. The van der Waals surface area contributed by atoms with Crippen molar-refractivity contribution in [3.8, 4) is 0 Å². The second kappa shape index (κ2) is 8.13. The molecule has 0 spiro atoms. The molecule has 2 N–H and O–H groups in total. The lowest BCUT2D eigenvalue weighted by Crippen LogP contribution is -2.36. The summed E-state index contributed by atoms with van der Waals surface area (Å²) in [5.74, 6) is 0.178. The Morgan fingerprint density at radius 1 is 1.15 bits per heavy atom. The highest BCUT2D eigenvalue weighted by molar-refractivity contribution is 6.30. The lowest BCUT2D eigenvalue weighted by Gasteiger charge is -2.33. The molecule has 146 valence electrons. The Labute approximate surface area is 165 Å². The SMILES string of the molecule is CC(C)(C)CC(C)(C)Nc1nc(Cl)cc(NCc2ccccc2)c1[N+](=O)[O-]. The average Bonchev–Trinajstić information content (AvgIpc) is 2.50. The molecule has 7 heteroatoms. The maximum atomic E-state index is 11.8. The smallest absolute Gasteiger partial charge is 0.334 e. The summed E-state index contributed by atoms with van der Waals surface area (Å²) in [7, 11) is 0. The normalized spacial score (nSPS) is 11.9. The number of hydrogen-bond donors (Lipinski definition) is 2. The van der Waals surface area contributed by atoms with Gasteiger partial charge in [0, 0.05) is 18.2 Å². The predicted octanol–water partition coefficient (Wildman–Crippen LogP) is 5.88. The van der Waals surface area contributed by atoms with E-state index < -0.39 is 10.5 Å². The Balaban J connectivity index is 2.34. The van der Waals surface area contributed by atoms with Crippen molar-refractivity contribution in [2.75, 3.05) is 10.6 Å². The summed E-state index contributed by atoms with van der Waals surface area (Å²) in [4.78, 5) is 15.6. The minimum atomic E-state index is -0.424. The molecular weight excluding hydrogens is 364 g/mol. The molecule has 0 amide bonds. The van der Waals surface area contributed by atoms with Crippen molar-refractivity contribution >= 4 is 28.8 Å². The van der Waals surface area contributed by atoms with E-state index in [1.165, 1.54) is 6.07 Å². The first kappa shape index (κ1) is 21.0. The van der Waals surface area contributed by atoms with Crippen molar-refractivity contribution < 1.29 is 4.92 Å². The van der Waals surface area contributed by atoms with Crippen LogP contribution in [0.25, 0.3) is 0 Å². The van der Waals surface area contributed by atoms with Gasteiger partial charge in [0.1, 0.15) is 10.8 Å². The van der Waals surface area contributed by atoms with E-state index in [2.05, 4.69) is 36.4 Å². The molecule has 1 aromatic carbocycles. The van der Waals surface area contributed by atoms with Crippen LogP contribution in [0.15, 0.2) is 36.4 Å². The second-order valence-corrected chi connectivity index (χ2v) is 8.92. The van der Waals surface area contributed by atoms with E-state index in [0.29, 0.717) is 12.2 Å². The first-order valence-electron chi connectivity index (χ1n) is 8.88. The van der Waals surface area contributed by atoms with Crippen molar-refractivity contribution in [3.63, 3.8) is 0 Å². The molecule has 0 unspecified atom stereocenters. The third kappa shape index (κ3) is 6.40. The van der Waals surface area contributed by atoms with Crippen LogP contribution >= 0.6 is 11.6 Å². The lowest BCUT2D eigenvalue weighted by molar-refractivity contribution is -0.383. The monoisotopic (exact) mass is 390 g/mol. The first-order chi connectivity index (χ1) is 12.5. The van der Waals surface area contributed by atoms with Crippen LogP contribution in [0.5, 0.6) is 0 Å². The molecule has 0 aliphatic carbocycles. The van der Waals surface area contributed by atoms with E-state index in [4.69, 9.17) is 11.6 Å². The number of hydrogen-bond acceptors (Lipinski definition) is 5. The Bertz CT molecular complexity index is 802. The number of anilines is 2. The van der Waals surface area contributed by atoms with E-state index in [1.807, 2.05) is 44.2 Å². The number of pyridine rings is 1. The highest BCUT2D eigenvalue weighted by Gasteiger charge is 2.30. The molecule has 0 saturated heterocycles. The van der Waals surface area contributed by atoms with Crippen LogP contribution in [0.2, 0.25) is 5.15 Å². The predicted molar refractivity (Wildman–Crippen MR) is 111 cm³/mol. The molecule has 27 heavy (non-hydrogen) atoms. The van der Waals surface area contributed by atoms with Gasteiger partial charge in [0.05, 0.1) is 4.92 Å². The van der Waals surface area contributed by atoms with Crippen LogP contribution in [-0.2, 0) is 6.54 Å². The van der Waals surface area contributed by atoms with Gasteiger partial charge in [-0.3, -0.25) is 10.1 Å². The zero-order valence-electron chi connectivity index (χ0n) is 16.5. The number of rotatable bonds is 7. The summed E-state index contributed by atoms with van der Waals surface area (Å²) >= 11 is 6.16. The Morgan fingerprint density at radius 3 is 2.33 bits per heavy atom. The van der Waals surface area contributed by atoms with Gasteiger partial charge < -0.3 is 10.6 Å². The maximum Gasteiger partial charge on any atom is 0.334 e. The van der Waals surface area contributed by atoms with Crippen LogP contribution < -0.4 is 10.6 Å². The molecule has 1 heterocycles. The minimum Gasteiger partial charge on any atom is -0.375 e. The van der Waals surface area contributed by atoms with Gasteiger partial charge in [-0.2, -0.15) is 0 Å². The van der Waals surface area contributed by atoms with Gasteiger partial charge in [0.15, 0.2) is 0 Å².